The van der Waals surface area contributed by atoms with Crippen LogP contribution in [0, 0.1) is 0 Å². The Morgan fingerprint density at radius 1 is 1.53 bits per heavy atom. The lowest BCUT2D eigenvalue weighted by Gasteiger charge is -2.17. The van der Waals surface area contributed by atoms with Gasteiger partial charge in [0.2, 0.25) is 0 Å². The van der Waals surface area contributed by atoms with Gasteiger partial charge in [-0.2, -0.15) is 0 Å². The maximum absolute atomic E-state index is 11.7. The van der Waals surface area contributed by atoms with E-state index >= 15 is 0 Å². The molecule has 0 aliphatic carbocycles. The monoisotopic (exact) mass is 346 g/mol. The van der Waals surface area contributed by atoms with Crippen molar-refractivity contribution in [2.75, 3.05) is 7.11 Å². The molecule has 0 saturated carbocycles. The standard InChI is InChI=1S/C13H15IO3/c1-3-4-11(14)12-10-7-8(16-2)5-6-9(10)13(15)17-12/h5-7,11-12H,3-4H2,1-2H3. The molecule has 0 saturated heterocycles. The third kappa shape index (κ3) is 2.41. The molecule has 2 rings (SSSR count). The first kappa shape index (κ1) is 12.7. The number of cyclic esters (lactones) is 1. The number of carbonyl (C=O) groups excluding carboxylic acids is 1. The van der Waals surface area contributed by atoms with Crippen molar-refractivity contribution in [1.82, 2.24) is 0 Å². The molecular formula is C13H15IO3. The van der Waals surface area contributed by atoms with Gasteiger partial charge >= 0.3 is 5.97 Å². The minimum Gasteiger partial charge on any atom is -0.497 e. The molecule has 0 radical (unpaired) electrons. The second kappa shape index (κ2) is 5.25. The largest absolute Gasteiger partial charge is 0.497 e. The van der Waals surface area contributed by atoms with E-state index in [0.29, 0.717) is 9.49 Å². The highest BCUT2D eigenvalue weighted by Gasteiger charge is 2.35. The second-order valence-electron chi connectivity index (χ2n) is 4.08. The summed E-state index contributed by atoms with van der Waals surface area (Å²) < 4.78 is 11.0. The molecule has 1 aromatic rings. The molecule has 92 valence electrons. The number of ether oxygens (including phenoxy) is 2. The van der Waals surface area contributed by atoms with Gasteiger partial charge in [0.15, 0.2) is 0 Å². The van der Waals surface area contributed by atoms with Crippen molar-refractivity contribution < 1.29 is 14.3 Å². The van der Waals surface area contributed by atoms with Gasteiger partial charge in [-0.1, -0.05) is 35.9 Å². The summed E-state index contributed by atoms with van der Waals surface area (Å²) in [4.78, 5) is 11.7. The van der Waals surface area contributed by atoms with Gasteiger partial charge in [0, 0.05) is 5.56 Å². The number of benzene rings is 1. The van der Waals surface area contributed by atoms with Crippen LogP contribution in [0.25, 0.3) is 0 Å². The topological polar surface area (TPSA) is 35.5 Å². The molecular weight excluding hydrogens is 331 g/mol. The van der Waals surface area contributed by atoms with Crippen LogP contribution in [0.1, 0.15) is 41.8 Å². The number of carbonyl (C=O) groups is 1. The van der Waals surface area contributed by atoms with E-state index < -0.39 is 0 Å². The van der Waals surface area contributed by atoms with Crippen LogP contribution in [0.15, 0.2) is 18.2 Å². The van der Waals surface area contributed by atoms with Crippen molar-refractivity contribution in [2.45, 2.75) is 29.8 Å². The zero-order valence-corrected chi connectivity index (χ0v) is 12.1. The van der Waals surface area contributed by atoms with Crippen LogP contribution in [0.2, 0.25) is 0 Å². The van der Waals surface area contributed by atoms with Crippen LogP contribution < -0.4 is 4.74 Å². The lowest BCUT2D eigenvalue weighted by molar-refractivity contribution is 0.0386. The van der Waals surface area contributed by atoms with E-state index in [4.69, 9.17) is 9.47 Å². The molecule has 1 aromatic carbocycles. The molecule has 2 unspecified atom stereocenters. The average Bonchev–Trinajstić information content (AvgIpc) is 2.66. The van der Waals surface area contributed by atoms with Crippen LogP contribution in [-0.4, -0.2) is 17.0 Å². The summed E-state index contributed by atoms with van der Waals surface area (Å²) in [5, 5.41) is 0. The van der Waals surface area contributed by atoms with Crippen molar-refractivity contribution in [3.63, 3.8) is 0 Å². The van der Waals surface area contributed by atoms with Gasteiger partial charge in [-0.3, -0.25) is 0 Å². The Kier molecular flexibility index (Phi) is 3.91. The summed E-state index contributed by atoms with van der Waals surface area (Å²) in [6, 6.07) is 5.49. The minimum absolute atomic E-state index is 0.131. The average molecular weight is 346 g/mol. The summed E-state index contributed by atoms with van der Waals surface area (Å²) >= 11 is 2.36. The molecule has 1 heterocycles. The smallest absolute Gasteiger partial charge is 0.339 e. The van der Waals surface area contributed by atoms with Crippen molar-refractivity contribution in [3.8, 4) is 5.75 Å². The van der Waals surface area contributed by atoms with Crippen LogP contribution in [0.3, 0.4) is 0 Å². The Morgan fingerprint density at radius 3 is 2.94 bits per heavy atom. The number of alkyl halides is 1. The molecule has 0 fully saturated rings. The Morgan fingerprint density at radius 2 is 2.29 bits per heavy atom. The Balaban J connectivity index is 2.34. The van der Waals surface area contributed by atoms with E-state index in [9.17, 15) is 4.79 Å². The van der Waals surface area contributed by atoms with E-state index in [-0.39, 0.29) is 12.1 Å². The van der Waals surface area contributed by atoms with Crippen LogP contribution in [0.5, 0.6) is 5.75 Å². The SMILES string of the molecule is CCCC(I)C1OC(=O)c2ccc(OC)cc21. The number of fused-ring (bicyclic) bond motifs is 1. The molecule has 4 heteroatoms. The number of hydrogen-bond donors (Lipinski definition) is 0. The summed E-state index contributed by atoms with van der Waals surface area (Å²) in [5.74, 6) is 0.553. The first-order valence-corrected chi connectivity index (χ1v) is 6.95. The van der Waals surface area contributed by atoms with Gasteiger partial charge in [-0.15, -0.1) is 0 Å². The van der Waals surface area contributed by atoms with E-state index in [1.165, 1.54) is 0 Å². The molecule has 0 aromatic heterocycles. The van der Waals surface area contributed by atoms with Crippen molar-refractivity contribution in [3.05, 3.63) is 29.3 Å². The van der Waals surface area contributed by atoms with E-state index in [1.807, 2.05) is 6.07 Å². The van der Waals surface area contributed by atoms with Crippen LogP contribution >= 0.6 is 22.6 Å². The van der Waals surface area contributed by atoms with Crippen molar-refractivity contribution in [2.24, 2.45) is 0 Å². The van der Waals surface area contributed by atoms with E-state index in [1.54, 1.807) is 19.2 Å². The predicted octanol–water partition coefficient (Wildman–Crippen LogP) is 3.51. The highest BCUT2D eigenvalue weighted by molar-refractivity contribution is 14.1. The maximum Gasteiger partial charge on any atom is 0.339 e. The molecule has 17 heavy (non-hydrogen) atoms. The van der Waals surface area contributed by atoms with Crippen LogP contribution in [0.4, 0.5) is 0 Å². The summed E-state index contributed by atoms with van der Waals surface area (Å²) in [7, 11) is 1.63. The summed E-state index contributed by atoms with van der Waals surface area (Å²) in [6.07, 6.45) is 1.99. The first-order valence-electron chi connectivity index (χ1n) is 5.70. The molecule has 0 bridgehead atoms. The van der Waals surface area contributed by atoms with E-state index in [0.717, 1.165) is 24.2 Å². The van der Waals surface area contributed by atoms with Crippen molar-refractivity contribution in [1.29, 1.82) is 0 Å². The van der Waals surface area contributed by atoms with Gasteiger partial charge in [-0.25, -0.2) is 4.79 Å². The zero-order valence-electron chi connectivity index (χ0n) is 9.90. The molecule has 3 nitrogen and oxygen atoms in total. The van der Waals surface area contributed by atoms with Gasteiger partial charge in [0.05, 0.1) is 16.6 Å². The van der Waals surface area contributed by atoms with Crippen LogP contribution in [-0.2, 0) is 4.74 Å². The summed E-state index contributed by atoms with van der Waals surface area (Å²) in [5.41, 5.74) is 1.63. The summed E-state index contributed by atoms with van der Waals surface area (Å²) in [6.45, 7) is 2.13. The maximum atomic E-state index is 11.7. The lowest BCUT2D eigenvalue weighted by atomic mass is 10.0. The van der Waals surface area contributed by atoms with Gasteiger partial charge in [0.25, 0.3) is 0 Å². The fraction of sp³-hybridized carbons (Fsp3) is 0.462. The van der Waals surface area contributed by atoms with Gasteiger partial charge in [-0.05, 0) is 24.6 Å². The highest BCUT2D eigenvalue weighted by atomic mass is 127. The number of rotatable bonds is 4. The first-order chi connectivity index (χ1) is 8.17. The fourth-order valence-corrected chi connectivity index (χ4v) is 3.18. The van der Waals surface area contributed by atoms with Crippen molar-refractivity contribution >= 4 is 28.6 Å². The second-order valence-corrected chi connectivity index (χ2v) is 5.68. The lowest BCUT2D eigenvalue weighted by Crippen LogP contribution is -2.12. The molecule has 0 amide bonds. The molecule has 0 spiro atoms. The third-order valence-electron chi connectivity index (χ3n) is 2.91. The normalized spacial score (nSPS) is 19.7. The number of methoxy groups -OCH3 is 1. The number of halogens is 1. The van der Waals surface area contributed by atoms with Gasteiger partial charge < -0.3 is 9.47 Å². The Labute approximate surface area is 115 Å². The zero-order chi connectivity index (χ0) is 12.4. The van der Waals surface area contributed by atoms with E-state index in [2.05, 4.69) is 29.5 Å². The Hall–Kier alpha value is -0.780. The molecule has 0 N–H and O–H groups in total. The molecule has 1 aliphatic heterocycles. The third-order valence-corrected chi connectivity index (χ3v) is 4.19. The molecule has 1 aliphatic rings. The predicted molar refractivity (Wildman–Crippen MR) is 73.9 cm³/mol. The molecule has 2 atom stereocenters. The number of esters is 1. The highest BCUT2D eigenvalue weighted by Crippen LogP contribution is 2.39. The fourth-order valence-electron chi connectivity index (χ4n) is 2.03. The Bertz CT molecular complexity index is 431. The quantitative estimate of drug-likeness (QED) is 0.476. The van der Waals surface area contributed by atoms with Gasteiger partial charge in [0.1, 0.15) is 11.9 Å². The number of hydrogen-bond acceptors (Lipinski definition) is 3. The minimum atomic E-state index is -0.217.